The number of hydrogen-bond donors (Lipinski definition) is 2. The van der Waals surface area contributed by atoms with E-state index in [1.54, 1.807) is 0 Å². The standard InChI is InChI=1S/C23H25F3N4O4/c1-12(2)10-30-19-18(21(32)29-22(30)33)16(9-17(28-19)13(3)4)20(31)27-14-6-5-7-15(8-14)34-11-23(24,25)26/h5-9,12-13H,10-11H2,1-4H3,(H,27,31)(H,29,32,33). The predicted molar refractivity (Wildman–Crippen MR) is 121 cm³/mol. The minimum absolute atomic E-state index is 0.00549. The summed E-state index contributed by atoms with van der Waals surface area (Å²) in [7, 11) is 0. The second-order valence-corrected chi connectivity index (χ2v) is 8.60. The van der Waals surface area contributed by atoms with E-state index in [2.05, 4.69) is 15.3 Å². The number of nitrogens with one attached hydrogen (secondary N) is 2. The van der Waals surface area contributed by atoms with Crippen LogP contribution in [0.2, 0.25) is 0 Å². The van der Waals surface area contributed by atoms with E-state index >= 15 is 0 Å². The first-order valence-corrected chi connectivity index (χ1v) is 10.6. The number of nitrogens with zero attached hydrogens (tertiary/aromatic N) is 2. The highest BCUT2D eigenvalue weighted by Crippen LogP contribution is 2.24. The van der Waals surface area contributed by atoms with E-state index in [9.17, 15) is 27.6 Å². The molecule has 2 aromatic heterocycles. The van der Waals surface area contributed by atoms with Gasteiger partial charge in [0.05, 0.1) is 10.9 Å². The van der Waals surface area contributed by atoms with Crippen molar-refractivity contribution in [1.29, 1.82) is 0 Å². The molecule has 8 nitrogen and oxygen atoms in total. The van der Waals surface area contributed by atoms with E-state index in [1.807, 2.05) is 27.7 Å². The van der Waals surface area contributed by atoms with Gasteiger partial charge in [-0.3, -0.25) is 19.1 Å². The molecular formula is C23H25F3N4O4. The Labute approximate surface area is 192 Å². The fourth-order valence-corrected chi connectivity index (χ4v) is 3.33. The summed E-state index contributed by atoms with van der Waals surface area (Å²) in [6, 6.07) is 6.96. The van der Waals surface area contributed by atoms with Crippen molar-refractivity contribution < 1.29 is 22.7 Å². The molecule has 0 unspecified atom stereocenters. The summed E-state index contributed by atoms with van der Waals surface area (Å²) in [5.41, 5.74) is -0.610. The molecule has 3 aromatic rings. The van der Waals surface area contributed by atoms with Crippen LogP contribution in [0.4, 0.5) is 18.9 Å². The number of anilines is 1. The van der Waals surface area contributed by atoms with Crippen molar-refractivity contribution in [3.05, 3.63) is 62.4 Å². The fourth-order valence-electron chi connectivity index (χ4n) is 3.33. The van der Waals surface area contributed by atoms with Crippen molar-refractivity contribution in [2.24, 2.45) is 5.92 Å². The van der Waals surface area contributed by atoms with E-state index in [1.165, 1.54) is 34.9 Å². The van der Waals surface area contributed by atoms with Crippen molar-refractivity contribution in [3.63, 3.8) is 0 Å². The Morgan fingerprint density at radius 3 is 2.50 bits per heavy atom. The maximum absolute atomic E-state index is 13.2. The molecule has 0 aliphatic carbocycles. The molecule has 1 aromatic carbocycles. The summed E-state index contributed by atoms with van der Waals surface area (Å²) < 4.78 is 43.4. The zero-order valence-electron chi connectivity index (χ0n) is 19.1. The van der Waals surface area contributed by atoms with Crippen LogP contribution < -0.4 is 21.3 Å². The second kappa shape index (κ2) is 9.70. The number of halogens is 3. The molecule has 34 heavy (non-hydrogen) atoms. The van der Waals surface area contributed by atoms with Crippen molar-refractivity contribution >= 4 is 22.6 Å². The predicted octanol–water partition coefficient (Wildman–Crippen LogP) is 4.06. The molecule has 2 heterocycles. The van der Waals surface area contributed by atoms with E-state index in [4.69, 9.17) is 4.74 Å². The van der Waals surface area contributed by atoms with Gasteiger partial charge >= 0.3 is 11.9 Å². The Hall–Kier alpha value is -3.63. The number of aromatic amines is 1. The van der Waals surface area contributed by atoms with Gasteiger partial charge < -0.3 is 10.1 Å². The minimum atomic E-state index is -4.50. The first-order chi connectivity index (χ1) is 15.9. The minimum Gasteiger partial charge on any atom is -0.484 e. The van der Waals surface area contributed by atoms with Gasteiger partial charge in [-0.05, 0) is 30.0 Å². The Morgan fingerprint density at radius 2 is 1.88 bits per heavy atom. The topological polar surface area (TPSA) is 106 Å². The van der Waals surface area contributed by atoms with Crippen LogP contribution in [0.25, 0.3) is 11.0 Å². The molecule has 0 aliphatic heterocycles. The number of ether oxygens (including phenoxy) is 1. The first kappa shape index (κ1) is 25.0. The van der Waals surface area contributed by atoms with Crippen molar-refractivity contribution in [2.45, 2.75) is 46.3 Å². The molecule has 0 saturated carbocycles. The zero-order chi connectivity index (χ0) is 25.2. The van der Waals surface area contributed by atoms with Crippen molar-refractivity contribution in [3.8, 4) is 5.75 Å². The molecule has 2 N–H and O–H groups in total. The van der Waals surface area contributed by atoms with Gasteiger partial charge in [0.1, 0.15) is 5.75 Å². The molecule has 0 aliphatic rings. The molecule has 1 amide bonds. The number of fused-ring (bicyclic) bond motifs is 1. The van der Waals surface area contributed by atoms with Crippen LogP contribution in [0.15, 0.2) is 39.9 Å². The number of H-pyrrole nitrogens is 1. The zero-order valence-corrected chi connectivity index (χ0v) is 19.1. The van der Waals surface area contributed by atoms with E-state index in [-0.39, 0.29) is 46.4 Å². The van der Waals surface area contributed by atoms with Gasteiger partial charge in [-0.15, -0.1) is 0 Å². The third kappa shape index (κ3) is 5.83. The third-order valence-electron chi connectivity index (χ3n) is 4.85. The summed E-state index contributed by atoms with van der Waals surface area (Å²) in [5.74, 6) is -0.811. The largest absolute Gasteiger partial charge is 0.484 e. The van der Waals surface area contributed by atoms with E-state index in [0.717, 1.165) is 0 Å². The number of carbonyl (C=O) groups is 1. The lowest BCUT2D eigenvalue weighted by Crippen LogP contribution is -2.33. The normalized spacial score (nSPS) is 11.9. The average molecular weight is 478 g/mol. The SMILES string of the molecule is CC(C)Cn1c(=O)[nH]c(=O)c2c(C(=O)Nc3cccc(OCC(F)(F)F)c3)cc(C(C)C)nc21. The highest BCUT2D eigenvalue weighted by atomic mass is 19.4. The average Bonchev–Trinajstić information content (AvgIpc) is 2.73. The van der Waals surface area contributed by atoms with Crippen LogP contribution in [0, 0.1) is 5.92 Å². The maximum atomic E-state index is 13.2. The van der Waals surface area contributed by atoms with Crippen molar-refractivity contribution in [1.82, 2.24) is 14.5 Å². The van der Waals surface area contributed by atoms with Crippen LogP contribution in [0.5, 0.6) is 5.75 Å². The first-order valence-electron chi connectivity index (χ1n) is 10.6. The van der Waals surface area contributed by atoms with Gasteiger partial charge in [-0.1, -0.05) is 33.8 Å². The number of rotatable bonds is 7. The van der Waals surface area contributed by atoms with Crippen LogP contribution in [-0.4, -0.2) is 33.2 Å². The molecular weight excluding hydrogens is 453 g/mol. The third-order valence-corrected chi connectivity index (χ3v) is 4.85. The Kier molecular flexibility index (Phi) is 7.13. The number of carbonyl (C=O) groups excluding carboxylic acids is 1. The summed E-state index contributed by atoms with van der Waals surface area (Å²) in [6.07, 6.45) is -4.50. The van der Waals surface area contributed by atoms with Crippen LogP contribution >= 0.6 is 0 Å². The molecule has 0 fully saturated rings. The molecule has 0 radical (unpaired) electrons. The van der Waals surface area contributed by atoms with Gasteiger partial charge in [-0.25, -0.2) is 9.78 Å². The molecule has 0 bridgehead atoms. The Balaban J connectivity index is 2.08. The van der Waals surface area contributed by atoms with Crippen molar-refractivity contribution in [2.75, 3.05) is 11.9 Å². The molecule has 0 saturated heterocycles. The smallest absolute Gasteiger partial charge is 0.422 e. The summed E-state index contributed by atoms with van der Waals surface area (Å²) in [4.78, 5) is 45.1. The number of alkyl halides is 3. The molecule has 0 atom stereocenters. The summed E-state index contributed by atoms with van der Waals surface area (Å²) in [6.45, 7) is 6.32. The quantitative estimate of drug-likeness (QED) is 0.533. The van der Waals surface area contributed by atoms with Gasteiger partial charge in [0.15, 0.2) is 12.3 Å². The number of pyridine rings is 1. The molecule has 0 spiro atoms. The van der Waals surface area contributed by atoms with Gasteiger partial charge in [0, 0.05) is 24.0 Å². The lowest BCUT2D eigenvalue weighted by atomic mass is 10.0. The fraction of sp³-hybridized carbons (Fsp3) is 0.391. The molecule has 182 valence electrons. The number of benzene rings is 1. The molecule has 11 heteroatoms. The lowest BCUT2D eigenvalue weighted by molar-refractivity contribution is -0.153. The van der Waals surface area contributed by atoms with E-state index < -0.39 is 29.9 Å². The summed E-state index contributed by atoms with van der Waals surface area (Å²) >= 11 is 0. The number of aromatic nitrogens is 3. The van der Waals surface area contributed by atoms with Crippen LogP contribution in [-0.2, 0) is 6.54 Å². The highest BCUT2D eigenvalue weighted by molar-refractivity contribution is 6.11. The summed E-state index contributed by atoms with van der Waals surface area (Å²) in [5, 5.41) is 2.54. The Morgan fingerprint density at radius 1 is 1.18 bits per heavy atom. The van der Waals surface area contributed by atoms with Gasteiger partial charge in [0.25, 0.3) is 11.5 Å². The van der Waals surface area contributed by atoms with E-state index in [0.29, 0.717) is 5.69 Å². The van der Waals surface area contributed by atoms with Crippen LogP contribution in [0.1, 0.15) is 49.7 Å². The van der Waals surface area contributed by atoms with Gasteiger partial charge in [0.2, 0.25) is 0 Å². The molecule has 3 rings (SSSR count). The number of hydrogen-bond acceptors (Lipinski definition) is 5. The van der Waals surface area contributed by atoms with Crippen LogP contribution in [0.3, 0.4) is 0 Å². The lowest BCUT2D eigenvalue weighted by Gasteiger charge is -2.16. The Bertz CT molecular complexity index is 1330. The van der Waals surface area contributed by atoms with Gasteiger partial charge in [-0.2, -0.15) is 13.2 Å². The highest BCUT2D eigenvalue weighted by Gasteiger charge is 2.28. The monoisotopic (exact) mass is 478 g/mol. The number of amides is 1. The second-order valence-electron chi connectivity index (χ2n) is 8.60. The maximum Gasteiger partial charge on any atom is 0.422 e.